The summed E-state index contributed by atoms with van der Waals surface area (Å²) in [5.41, 5.74) is 1.05. The molecule has 0 saturated heterocycles. The zero-order valence-corrected chi connectivity index (χ0v) is 16.2. The van der Waals surface area contributed by atoms with Crippen LogP contribution in [-0.4, -0.2) is 32.3 Å². The van der Waals surface area contributed by atoms with Crippen molar-refractivity contribution in [1.29, 1.82) is 0 Å². The van der Waals surface area contributed by atoms with Crippen molar-refractivity contribution < 1.29 is 27.2 Å². The molecule has 2 N–H and O–H groups in total. The molecule has 9 nitrogen and oxygen atoms in total. The molecule has 1 aromatic carbocycles. The molecule has 0 saturated carbocycles. The smallest absolute Gasteiger partial charge is 0.246 e. The molecule has 2 heterocycles. The zero-order chi connectivity index (χ0) is 19.8. The van der Waals surface area contributed by atoms with Gasteiger partial charge >= 0.3 is 0 Å². The van der Waals surface area contributed by atoms with Crippen molar-refractivity contribution in [2.45, 2.75) is 44.7 Å². The summed E-state index contributed by atoms with van der Waals surface area (Å²) in [4.78, 5) is 12.4. The maximum absolute atomic E-state index is 12.5. The van der Waals surface area contributed by atoms with Crippen LogP contribution in [0.5, 0.6) is 11.5 Å². The summed E-state index contributed by atoms with van der Waals surface area (Å²) in [6.07, 6.45) is 0. The zero-order valence-electron chi connectivity index (χ0n) is 15.4. The topological polar surface area (TPSA) is 120 Å². The molecule has 27 heavy (non-hydrogen) atoms. The number of fused-ring (bicyclic) bond motifs is 1. The third-order valence-electron chi connectivity index (χ3n) is 4.22. The lowest BCUT2D eigenvalue weighted by atomic mass is 10.1. The number of amides is 1. The van der Waals surface area contributed by atoms with E-state index in [9.17, 15) is 13.2 Å². The summed E-state index contributed by atoms with van der Waals surface area (Å²) < 4.78 is 42.9. The van der Waals surface area contributed by atoms with Gasteiger partial charge in [0.05, 0.1) is 12.1 Å². The molecule has 0 aliphatic carbocycles. The Labute approximate surface area is 157 Å². The maximum Gasteiger partial charge on any atom is 0.246 e. The second-order valence-electron chi connectivity index (χ2n) is 6.34. The quantitative estimate of drug-likeness (QED) is 0.762. The van der Waals surface area contributed by atoms with Gasteiger partial charge in [-0.15, -0.1) is 0 Å². The maximum atomic E-state index is 12.5. The Morgan fingerprint density at radius 1 is 1.19 bits per heavy atom. The van der Waals surface area contributed by atoms with Gasteiger partial charge in [-0.25, -0.2) is 8.42 Å². The summed E-state index contributed by atoms with van der Waals surface area (Å²) in [5, 5.41) is 6.42. The van der Waals surface area contributed by atoms with E-state index in [0.29, 0.717) is 11.5 Å². The van der Waals surface area contributed by atoms with Crippen LogP contribution >= 0.6 is 0 Å². The van der Waals surface area contributed by atoms with E-state index in [1.54, 1.807) is 19.1 Å². The lowest BCUT2D eigenvalue weighted by Gasteiger charge is -2.19. The van der Waals surface area contributed by atoms with E-state index >= 15 is 0 Å². The van der Waals surface area contributed by atoms with Crippen LogP contribution in [0.15, 0.2) is 27.6 Å². The molecule has 146 valence electrons. The summed E-state index contributed by atoms with van der Waals surface area (Å²) in [5.74, 6) is 0.968. The summed E-state index contributed by atoms with van der Waals surface area (Å²) >= 11 is 0. The summed E-state index contributed by atoms with van der Waals surface area (Å²) in [6.45, 7) is 6.46. The second kappa shape index (κ2) is 7.20. The lowest BCUT2D eigenvalue weighted by molar-refractivity contribution is -0.123. The van der Waals surface area contributed by atoms with Crippen LogP contribution < -0.4 is 19.5 Å². The Kier molecular flexibility index (Phi) is 5.11. The van der Waals surface area contributed by atoms with Crippen molar-refractivity contribution in [2.75, 3.05) is 6.79 Å². The van der Waals surface area contributed by atoms with E-state index in [0.717, 1.165) is 5.56 Å². The molecule has 1 unspecified atom stereocenters. The molecule has 1 aromatic heterocycles. The van der Waals surface area contributed by atoms with Gasteiger partial charge in [0.25, 0.3) is 0 Å². The van der Waals surface area contributed by atoms with Crippen molar-refractivity contribution in [3.05, 3.63) is 35.2 Å². The van der Waals surface area contributed by atoms with E-state index in [1.807, 2.05) is 6.07 Å². The number of carbonyl (C=O) groups is 1. The van der Waals surface area contributed by atoms with Crippen LogP contribution in [0.25, 0.3) is 0 Å². The van der Waals surface area contributed by atoms with Gasteiger partial charge in [-0.1, -0.05) is 11.2 Å². The van der Waals surface area contributed by atoms with Crippen LogP contribution in [0.3, 0.4) is 0 Å². The number of rotatable bonds is 6. The fourth-order valence-corrected chi connectivity index (χ4v) is 4.34. The molecule has 0 bridgehead atoms. The number of aryl methyl sites for hydroxylation is 2. The Bertz CT molecular complexity index is 950. The van der Waals surface area contributed by atoms with Crippen molar-refractivity contribution in [2.24, 2.45) is 0 Å². The monoisotopic (exact) mass is 395 g/mol. The first kappa shape index (κ1) is 19.2. The molecule has 1 amide bonds. The second-order valence-corrected chi connectivity index (χ2v) is 7.99. The van der Waals surface area contributed by atoms with Crippen molar-refractivity contribution in [1.82, 2.24) is 15.2 Å². The molecule has 10 heteroatoms. The first-order valence-electron chi connectivity index (χ1n) is 8.34. The van der Waals surface area contributed by atoms with Crippen molar-refractivity contribution in [3.63, 3.8) is 0 Å². The highest BCUT2D eigenvalue weighted by molar-refractivity contribution is 7.89. The Morgan fingerprint density at radius 3 is 2.56 bits per heavy atom. The van der Waals surface area contributed by atoms with Gasteiger partial charge in [0.15, 0.2) is 17.3 Å². The minimum atomic E-state index is -3.93. The number of benzene rings is 1. The van der Waals surface area contributed by atoms with Crippen LogP contribution in [-0.2, 0) is 14.8 Å². The number of nitrogens with zero attached hydrogens (tertiary/aromatic N) is 1. The molecular formula is C17H21N3O6S. The molecule has 3 rings (SSSR count). The van der Waals surface area contributed by atoms with Gasteiger partial charge in [0.1, 0.15) is 10.6 Å². The van der Waals surface area contributed by atoms with E-state index in [-0.39, 0.29) is 29.2 Å². The predicted octanol–water partition coefficient (Wildman–Crippen LogP) is 1.56. The predicted molar refractivity (Wildman–Crippen MR) is 94.9 cm³/mol. The minimum Gasteiger partial charge on any atom is -0.454 e. The number of aromatic nitrogens is 1. The normalized spacial score (nSPS) is 15.4. The van der Waals surface area contributed by atoms with E-state index in [1.165, 1.54) is 20.8 Å². The number of nitrogens with one attached hydrogen (secondary N) is 2. The Morgan fingerprint density at radius 2 is 1.89 bits per heavy atom. The van der Waals surface area contributed by atoms with E-state index in [4.69, 9.17) is 14.0 Å². The summed E-state index contributed by atoms with van der Waals surface area (Å²) in [6, 6.07) is 4.03. The molecule has 1 aliphatic rings. The van der Waals surface area contributed by atoms with Gasteiger partial charge in [-0.2, -0.15) is 4.72 Å². The molecule has 1 aliphatic heterocycles. The average molecular weight is 395 g/mol. The molecule has 0 spiro atoms. The van der Waals surface area contributed by atoms with Crippen molar-refractivity contribution >= 4 is 15.9 Å². The first-order chi connectivity index (χ1) is 12.7. The van der Waals surface area contributed by atoms with Gasteiger partial charge in [0.2, 0.25) is 22.7 Å². The fourth-order valence-electron chi connectivity index (χ4n) is 2.81. The average Bonchev–Trinajstić information content (AvgIpc) is 3.19. The minimum absolute atomic E-state index is 0.0500. The number of hydrogen-bond donors (Lipinski definition) is 2. The van der Waals surface area contributed by atoms with Gasteiger partial charge in [-0.3, -0.25) is 4.79 Å². The van der Waals surface area contributed by atoms with Crippen LogP contribution in [0.2, 0.25) is 0 Å². The van der Waals surface area contributed by atoms with E-state index < -0.39 is 22.0 Å². The number of hydrogen-bond acceptors (Lipinski definition) is 7. The van der Waals surface area contributed by atoms with Gasteiger partial charge in [-0.05, 0) is 45.4 Å². The molecular weight excluding hydrogens is 374 g/mol. The molecule has 2 atom stereocenters. The van der Waals surface area contributed by atoms with E-state index in [2.05, 4.69) is 15.2 Å². The van der Waals surface area contributed by atoms with Gasteiger partial charge in [0, 0.05) is 0 Å². The first-order valence-corrected chi connectivity index (χ1v) is 9.82. The largest absolute Gasteiger partial charge is 0.454 e. The van der Waals surface area contributed by atoms with Crippen LogP contribution in [0, 0.1) is 13.8 Å². The highest BCUT2D eigenvalue weighted by Crippen LogP contribution is 2.34. The molecule has 0 fully saturated rings. The summed E-state index contributed by atoms with van der Waals surface area (Å²) in [7, 11) is -3.93. The Hall–Kier alpha value is -2.59. The third kappa shape index (κ3) is 3.91. The number of carbonyl (C=O) groups excluding carboxylic acids is 1. The highest BCUT2D eigenvalue weighted by atomic mass is 32.2. The van der Waals surface area contributed by atoms with Crippen LogP contribution in [0.1, 0.15) is 36.9 Å². The number of sulfonamides is 1. The van der Waals surface area contributed by atoms with Crippen molar-refractivity contribution in [3.8, 4) is 11.5 Å². The molecule has 0 radical (unpaired) electrons. The standard InChI is InChI=1S/C17H21N3O6S/c1-9(13-5-6-14-15(7-13)25-8-24-14)18-17(21)11(3)20-27(22,23)16-10(2)19-26-12(16)4/h5-7,9,11,20H,8H2,1-4H3,(H,18,21)/t9?,11-/m0/s1. The SMILES string of the molecule is Cc1noc(C)c1S(=O)(=O)N[C@@H](C)C(=O)NC(C)c1ccc2c(c1)OCO2. The van der Waals surface area contributed by atoms with Gasteiger partial charge < -0.3 is 19.3 Å². The third-order valence-corrected chi connectivity index (χ3v) is 6.00. The Balaban J connectivity index is 1.67. The molecule has 2 aromatic rings. The van der Waals surface area contributed by atoms with Crippen LogP contribution in [0.4, 0.5) is 0 Å². The fraction of sp³-hybridized carbons (Fsp3) is 0.412. The number of ether oxygens (including phenoxy) is 2. The lowest BCUT2D eigenvalue weighted by Crippen LogP contribution is -2.45. The highest BCUT2D eigenvalue weighted by Gasteiger charge is 2.28.